The topological polar surface area (TPSA) is 63.4 Å². The molecule has 8 aromatic carbocycles. The molecule has 0 aliphatic heterocycles. The number of nitrogens with zero attached hydrogens (tertiary/aromatic N) is 3. The molecule has 5 heteroatoms. The summed E-state index contributed by atoms with van der Waals surface area (Å²) in [6, 6.07) is 56.2. The quantitative estimate of drug-likeness (QED) is 0.103. The smallest absolute Gasteiger partial charge is 0.162 e. The maximum Gasteiger partial charge on any atom is 0.162 e. The first kappa shape index (κ1) is 30.7. The highest BCUT2D eigenvalue weighted by Crippen LogP contribution is 2.39. The van der Waals surface area contributed by atoms with Crippen LogP contribution in [0.25, 0.3) is 76.5 Å². The maximum absolute atomic E-state index is 6.41. The van der Waals surface area contributed by atoms with E-state index in [1.807, 2.05) is 78.9 Å². The van der Waals surface area contributed by atoms with E-state index in [9.17, 15) is 0 Å². The normalized spacial score (nSPS) is 12.5. The molecule has 0 atom stereocenters. The molecule has 250 valence electrons. The molecule has 0 N–H and O–H groups in total. The monoisotopic (exact) mass is 681 g/mol. The van der Waals surface area contributed by atoms with Crippen LogP contribution in [-0.2, 0) is 6.54 Å². The van der Waals surface area contributed by atoms with Gasteiger partial charge < -0.3 is 8.83 Å². The molecule has 0 saturated heterocycles. The average molecular weight is 682 g/mol. The number of fused-ring (bicyclic) bond motifs is 9. The van der Waals surface area contributed by atoms with Gasteiger partial charge in [-0.3, -0.25) is 4.99 Å². The SMILES string of the molecule is C=NC(=NC(=NCc1ccc2oc3ccccc3c2c1)c1ccccc1)c1c(-c2ccc3ccc4ccccc4c3c2)ccc2oc3ccccc3c12. The van der Waals surface area contributed by atoms with Gasteiger partial charge in [-0.15, -0.1) is 0 Å². The number of hydrogen-bond acceptors (Lipinski definition) is 3. The third kappa shape index (κ3) is 5.29. The lowest BCUT2D eigenvalue weighted by Crippen LogP contribution is -2.07. The average Bonchev–Trinajstić information content (AvgIpc) is 3.79. The molecule has 2 heterocycles. The van der Waals surface area contributed by atoms with Crippen molar-refractivity contribution in [2.75, 3.05) is 0 Å². The molecule has 0 amide bonds. The summed E-state index contributed by atoms with van der Waals surface area (Å²) in [5.41, 5.74) is 8.08. The number of rotatable bonds is 5. The maximum atomic E-state index is 6.41. The molecular weight excluding hydrogens is 651 g/mol. The Morgan fingerprint density at radius 1 is 0.491 bits per heavy atom. The molecule has 0 saturated carbocycles. The van der Waals surface area contributed by atoms with E-state index in [0.29, 0.717) is 18.2 Å². The second-order valence-corrected chi connectivity index (χ2v) is 13.2. The Kier molecular flexibility index (Phi) is 7.29. The minimum atomic E-state index is 0.414. The Morgan fingerprint density at radius 3 is 1.96 bits per heavy atom. The number of para-hydroxylation sites is 2. The molecule has 0 fully saturated rings. The van der Waals surface area contributed by atoms with Crippen molar-refractivity contribution in [3.05, 3.63) is 180 Å². The van der Waals surface area contributed by atoms with Gasteiger partial charge in [0.1, 0.15) is 22.3 Å². The van der Waals surface area contributed by atoms with E-state index in [1.165, 1.54) is 21.5 Å². The largest absolute Gasteiger partial charge is 0.456 e. The standard InChI is InChI=1S/C48H31N3O2/c1-49-48(51-47(33-12-3-2-4-13-33)50-29-30-19-25-43-40(27-30)37-15-7-9-17-41(37)52-43)46-36(24-26-44-45(46)38-16-8-10-18-42(38)53-44)34-23-22-32-21-20-31-11-5-6-14-35(31)39(32)28-34/h2-28H,1,29H2. The molecule has 0 bridgehead atoms. The summed E-state index contributed by atoms with van der Waals surface area (Å²) in [5.74, 6) is 1.03. The number of benzene rings is 8. The fourth-order valence-corrected chi connectivity index (χ4v) is 7.55. The highest BCUT2D eigenvalue weighted by atomic mass is 16.3. The van der Waals surface area contributed by atoms with E-state index in [0.717, 1.165) is 71.7 Å². The summed E-state index contributed by atoms with van der Waals surface area (Å²) >= 11 is 0. The van der Waals surface area contributed by atoms with Crippen LogP contribution < -0.4 is 0 Å². The van der Waals surface area contributed by atoms with Crippen LogP contribution in [-0.4, -0.2) is 18.4 Å². The van der Waals surface area contributed by atoms with Gasteiger partial charge in [0.2, 0.25) is 0 Å². The van der Waals surface area contributed by atoms with Crippen LogP contribution in [0.1, 0.15) is 16.7 Å². The molecule has 0 aliphatic carbocycles. The van der Waals surface area contributed by atoms with Crippen LogP contribution in [0, 0.1) is 0 Å². The first-order valence-electron chi connectivity index (χ1n) is 17.6. The summed E-state index contributed by atoms with van der Waals surface area (Å²) in [4.78, 5) is 15.1. The fourth-order valence-electron chi connectivity index (χ4n) is 7.55. The second kappa shape index (κ2) is 12.6. The van der Waals surface area contributed by atoms with Crippen molar-refractivity contribution in [1.29, 1.82) is 0 Å². The number of amidine groups is 2. The number of furan rings is 2. The highest BCUT2D eigenvalue weighted by molar-refractivity contribution is 6.25. The zero-order valence-electron chi connectivity index (χ0n) is 28.7. The van der Waals surface area contributed by atoms with Crippen LogP contribution in [0.15, 0.2) is 188 Å². The predicted octanol–water partition coefficient (Wildman–Crippen LogP) is 12.6. The van der Waals surface area contributed by atoms with E-state index in [4.69, 9.17) is 18.8 Å². The first-order valence-corrected chi connectivity index (χ1v) is 17.6. The zero-order chi connectivity index (χ0) is 35.3. The van der Waals surface area contributed by atoms with Crippen molar-refractivity contribution < 1.29 is 8.83 Å². The molecule has 53 heavy (non-hydrogen) atoms. The predicted molar refractivity (Wildman–Crippen MR) is 221 cm³/mol. The Labute approximate surface area is 304 Å². The van der Waals surface area contributed by atoms with Gasteiger partial charge in [-0.05, 0) is 87.4 Å². The van der Waals surface area contributed by atoms with E-state index in [-0.39, 0.29) is 0 Å². The molecule has 10 rings (SSSR count). The van der Waals surface area contributed by atoms with Gasteiger partial charge in [0.25, 0.3) is 0 Å². The van der Waals surface area contributed by atoms with E-state index < -0.39 is 0 Å². The van der Waals surface area contributed by atoms with Gasteiger partial charge in [0.05, 0.1) is 6.54 Å². The van der Waals surface area contributed by atoms with Gasteiger partial charge in [0, 0.05) is 32.7 Å². The Hall–Kier alpha value is -7.11. The number of hydrogen-bond donors (Lipinski definition) is 0. The summed E-state index contributed by atoms with van der Waals surface area (Å²) in [6.45, 7) is 4.49. The molecular formula is C48H31N3O2. The van der Waals surface area contributed by atoms with Gasteiger partial charge >= 0.3 is 0 Å². The van der Waals surface area contributed by atoms with Crippen molar-refractivity contribution in [2.24, 2.45) is 15.0 Å². The molecule has 2 aromatic heterocycles. The van der Waals surface area contributed by atoms with Crippen molar-refractivity contribution in [3.63, 3.8) is 0 Å². The minimum absolute atomic E-state index is 0.414. The third-order valence-electron chi connectivity index (χ3n) is 10.1. The van der Waals surface area contributed by atoms with Crippen LogP contribution in [0.2, 0.25) is 0 Å². The van der Waals surface area contributed by atoms with Crippen molar-refractivity contribution in [2.45, 2.75) is 6.54 Å². The van der Waals surface area contributed by atoms with Gasteiger partial charge in [-0.1, -0.05) is 121 Å². The highest BCUT2D eigenvalue weighted by Gasteiger charge is 2.21. The Morgan fingerprint density at radius 2 is 1.13 bits per heavy atom. The molecule has 0 unspecified atom stereocenters. The molecule has 10 aromatic rings. The van der Waals surface area contributed by atoms with E-state index in [2.05, 4.69) is 96.6 Å². The number of aliphatic imine (C=N–C) groups is 3. The van der Waals surface area contributed by atoms with Crippen molar-refractivity contribution in [1.82, 2.24) is 0 Å². The molecule has 0 aliphatic rings. The van der Waals surface area contributed by atoms with Crippen molar-refractivity contribution >= 4 is 83.8 Å². The van der Waals surface area contributed by atoms with Crippen LogP contribution in [0.5, 0.6) is 0 Å². The van der Waals surface area contributed by atoms with E-state index in [1.54, 1.807) is 0 Å². The van der Waals surface area contributed by atoms with Crippen LogP contribution in [0.4, 0.5) is 0 Å². The summed E-state index contributed by atoms with van der Waals surface area (Å²) in [5, 5.41) is 8.85. The summed E-state index contributed by atoms with van der Waals surface area (Å²) < 4.78 is 12.5. The molecule has 5 nitrogen and oxygen atoms in total. The molecule has 0 spiro atoms. The Balaban J connectivity index is 1.18. The zero-order valence-corrected chi connectivity index (χ0v) is 28.7. The lowest BCUT2D eigenvalue weighted by molar-refractivity contribution is 0.668. The second-order valence-electron chi connectivity index (χ2n) is 13.2. The van der Waals surface area contributed by atoms with Gasteiger partial charge in [-0.2, -0.15) is 0 Å². The Bertz CT molecular complexity index is 3110. The van der Waals surface area contributed by atoms with Gasteiger partial charge in [0.15, 0.2) is 11.7 Å². The third-order valence-corrected chi connectivity index (χ3v) is 10.1. The summed E-state index contributed by atoms with van der Waals surface area (Å²) in [7, 11) is 0. The minimum Gasteiger partial charge on any atom is -0.456 e. The fraction of sp³-hybridized carbons (Fsp3) is 0.0208. The lowest BCUT2D eigenvalue weighted by Gasteiger charge is -2.14. The lowest BCUT2D eigenvalue weighted by atomic mass is 9.92. The van der Waals surface area contributed by atoms with E-state index >= 15 is 0 Å². The van der Waals surface area contributed by atoms with Crippen LogP contribution >= 0.6 is 0 Å². The van der Waals surface area contributed by atoms with Gasteiger partial charge in [-0.25, -0.2) is 9.98 Å². The van der Waals surface area contributed by atoms with Crippen LogP contribution in [0.3, 0.4) is 0 Å². The first-order chi connectivity index (χ1) is 26.2. The molecule has 0 radical (unpaired) electrons. The van der Waals surface area contributed by atoms with Crippen molar-refractivity contribution in [3.8, 4) is 11.1 Å². The summed E-state index contributed by atoms with van der Waals surface area (Å²) in [6.07, 6.45) is 0.